The maximum Gasteiger partial charge on any atom is 0.146 e. The van der Waals surface area contributed by atoms with Crippen LogP contribution < -0.4 is 10.2 Å². The second-order valence-corrected chi connectivity index (χ2v) is 5.78. The Morgan fingerprint density at radius 2 is 2.32 bits per heavy atom. The molecule has 1 aliphatic rings. The van der Waals surface area contributed by atoms with E-state index in [0.29, 0.717) is 22.7 Å². The van der Waals surface area contributed by atoms with Crippen molar-refractivity contribution in [3.8, 4) is 0 Å². The van der Waals surface area contributed by atoms with Crippen LogP contribution in [0.4, 0.5) is 10.1 Å². The molecule has 1 fully saturated rings. The lowest BCUT2D eigenvalue weighted by molar-refractivity contribution is 0.383. The minimum atomic E-state index is -0.186. The smallest absolute Gasteiger partial charge is 0.146 e. The van der Waals surface area contributed by atoms with Gasteiger partial charge in [-0.15, -0.1) is 0 Å². The number of hydrogen-bond donors (Lipinski definition) is 1. The van der Waals surface area contributed by atoms with E-state index < -0.39 is 0 Å². The Morgan fingerprint density at radius 3 is 3.05 bits per heavy atom. The third kappa shape index (κ3) is 3.61. The Labute approximate surface area is 119 Å². The molecule has 1 saturated heterocycles. The summed E-state index contributed by atoms with van der Waals surface area (Å²) in [6.07, 6.45) is 2.16. The van der Waals surface area contributed by atoms with Gasteiger partial charge in [0.1, 0.15) is 5.82 Å². The molecule has 1 aromatic rings. The molecule has 1 aromatic carbocycles. The number of nitrogens with one attached hydrogen (secondary N) is 1. The van der Waals surface area contributed by atoms with E-state index in [-0.39, 0.29) is 5.82 Å². The quantitative estimate of drug-likeness (QED) is 0.911. The summed E-state index contributed by atoms with van der Waals surface area (Å²) in [6.45, 7) is 7.15. The van der Waals surface area contributed by atoms with Crippen LogP contribution in [-0.4, -0.2) is 25.7 Å². The summed E-state index contributed by atoms with van der Waals surface area (Å²) in [5, 5.41) is 4.16. The highest BCUT2D eigenvalue weighted by Gasteiger charge is 2.23. The van der Waals surface area contributed by atoms with Crippen molar-refractivity contribution in [2.24, 2.45) is 5.92 Å². The first-order valence-corrected chi connectivity index (χ1v) is 7.43. The van der Waals surface area contributed by atoms with Crippen molar-refractivity contribution < 1.29 is 4.39 Å². The molecule has 1 N–H and O–H groups in total. The summed E-state index contributed by atoms with van der Waals surface area (Å²) >= 11 is 5.99. The molecule has 2 nitrogen and oxygen atoms in total. The van der Waals surface area contributed by atoms with Crippen LogP contribution >= 0.6 is 11.6 Å². The zero-order chi connectivity index (χ0) is 13.8. The maximum atomic E-state index is 14.0. The van der Waals surface area contributed by atoms with E-state index in [1.807, 2.05) is 0 Å². The number of hydrogen-bond acceptors (Lipinski definition) is 2. The Balaban J connectivity index is 2.20. The van der Waals surface area contributed by atoms with Gasteiger partial charge in [-0.2, -0.15) is 0 Å². The van der Waals surface area contributed by atoms with Gasteiger partial charge in [0.05, 0.1) is 5.69 Å². The molecule has 0 aromatic heterocycles. The monoisotopic (exact) mass is 284 g/mol. The Morgan fingerprint density at radius 1 is 1.53 bits per heavy atom. The lowest BCUT2D eigenvalue weighted by Gasteiger charge is -2.29. The lowest BCUT2D eigenvalue weighted by atomic mass is 9.99. The normalized spacial score (nSPS) is 22.1. The van der Waals surface area contributed by atoms with E-state index in [0.717, 1.165) is 32.5 Å². The summed E-state index contributed by atoms with van der Waals surface area (Å²) in [5.41, 5.74) is 0.629. The zero-order valence-corrected chi connectivity index (χ0v) is 12.4. The van der Waals surface area contributed by atoms with E-state index in [2.05, 4.69) is 24.1 Å². The number of anilines is 1. The summed E-state index contributed by atoms with van der Waals surface area (Å²) in [7, 11) is 0. The van der Waals surface area contributed by atoms with Crippen LogP contribution in [0.1, 0.15) is 26.7 Å². The zero-order valence-electron chi connectivity index (χ0n) is 11.6. The minimum Gasteiger partial charge on any atom is -0.368 e. The predicted octanol–water partition coefficient (Wildman–Crippen LogP) is 3.69. The Bertz CT molecular complexity index is 425. The summed E-state index contributed by atoms with van der Waals surface area (Å²) in [5.74, 6) is 0.400. The third-order valence-corrected chi connectivity index (χ3v) is 4.24. The van der Waals surface area contributed by atoms with E-state index in [9.17, 15) is 4.39 Å². The van der Waals surface area contributed by atoms with Crippen LogP contribution in [0.5, 0.6) is 0 Å². The second kappa shape index (κ2) is 6.58. The molecule has 2 rings (SSSR count). The molecule has 1 heterocycles. The summed E-state index contributed by atoms with van der Waals surface area (Å²) < 4.78 is 14.0. The van der Waals surface area contributed by atoms with Gasteiger partial charge in [-0.25, -0.2) is 4.39 Å². The van der Waals surface area contributed by atoms with Gasteiger partial charge in [0.25, 0.3) is 0 Å². The molecule has 0 bridgehead atoms. The predicted molar refractivity (Wildman–Crippen MR) is 79.5 cm³/mol. The highest BCUT2D eigenvalue weighted by atomic mass is 35.5. The van der Waals surface area contributed by atoms with Crippen LogP contribution in [-0.2, 0) is 0 Å². The van der Waals surface area contributed by atoms with Crippen LogP contribution in [0.15, 0.2) is 18.2 Å². The highest BCUT2D eigenvalue weighted by Crippen LogP contribution is 2.25. The molecular weight excluding hydrogens is 263 g/mol. The van der Waals surface area contributed by atoms with Crippen molar-refractivity contribution in [1.82, 2.24) is 5.32 Å². The van der Waals surface area contributed by atoms with Crippen molar-refractivity contribution in [2.75, 3.05) is 24.5 Å². The highest BCUT2D eigenvalue weighted by molar-refractivity contribution is 6.30. The first kappa shape index (κ1) is 14.6. The molecule has 2 unspecified atom stereocenters. The standard InChI is InChI=1S/C15H22ClFN2/c1-3-11(2)14-10-19(8-4-7-18-14)15-9-12(16)5-6-13(15)17/h5-6,9,11,14,18H,3-4,7-8,10H2,1-2H3. The van der Waals surface area contributed by atoms with Crippen molar-refractivity contribution in [1.29, 1.82) is 0 Å². The average Bonchev–Trinajstić information content (AvgIpc) is 2.66. The largest absolute Gasteiger partial charge is 0.368 e. The second-order valence-electron chi connectivity index (χ2n) is 5.34. The van der Waals surface area contributed by atoms with Crippen molar-refractivity contribution in [2.45, 2.75) is 32.7 Å². The molecule has 0 radical (unpaired) electrons. The van der Waals surface area contributed by atoms with Crippen LogP contribution in [0.2, 0.25) is 5.02 Å². The number of halogens is 2. The summed E-state index contributed by atoms with van der Waals surface area (Å²) in [6, 6.07) is 5.19. The fraction of sp³-hybridized carbons (Fsp3) is 0.600. The van der Waals surface area contributed by atoms with Crippen LogP contribution in [0.25, 0.3) is 0 Å². The number of nitrogens with zero attached hydrogens (tertiary/aromatic N) is 1. The summed E-state index contributed by atoms with van der Waals surface area (Å²) in [4.78, 5) is 2.12. The molecule has 19 heavy (non-hydrogen) atoms. The molecule has 0 spiro atoms. The van der Waals surface area contributed by atoms with Crippen molar-refractivity contribution in [3.63, 3.8) is 0 Å². The van der Waals surface area contributed by atoms with Crippen LogP contribution in [0.3, 0.4) is 0 Å². The molecule has 2 atom stereocenters. The molecule has 1 aliphatic heterocycles. The first-order chi connectivity index (χ1) is 9.11. The number of benzene rings is 1. The van der Waals surface area contributed by atoms with Gasteiger partial charge in [-0.3, -0.25) is 0 Å². The van der Waals surface area contributed by atoms with Gasteiger partial charge >= 0.3 is 0 Å². The fourth-order valence-corrected chi connectivity index (χ4v) is 2.73. The topological polar surface area (TPSA) is 15.3 Å². The molecule has 106 valence electrons. The SMILES string of the molecule is CCC(C)C1CN(c2cc(Cl)ccc2F)CCCN1. The van der Waals surface area contributed by atoms with Gasteiger partial charge in [-0.05, 0) is 37.1 Å². The Kier molecular flexibility index (Phi) is 5.06. The van der Waals surface area contributed by atoms with Gasteiger partial charge in [0, 0.05) is 24.2 Å². The van der Waals surface area contributed by atoms with Crippen molar-refractivity contribution in [3.05, 3.63) is 29.0 Å². The average molecular weight is 285 g/mol. The van der Waals surface area contributed by atoms with Gasteiger partial charge in [0.15, 0.2) is 0 Å². The van der Waals surface area contributed by atoms with E-state index in [1.165, 1.54) is 6.07 Å². The molecular formula is C15H22ClFN2. The maximum absolute atomic E-state index is 14.0. The lowest BCUT2D eigenvalue weighted by Crippen LogP contribution is -2.42. The van der Waals surface area contributed by atoms with Gasteiger partial charge in [0.2, 0.25) is 0 Å². The van der Waals surface area contributed by atoms with Gasteiger partial charge in [-0.1, -0.05) is 31.9 Å². The molecule has 0 aliphatic carbocycles. The van der Waals surface area contributed by atoms with E-state index >= 15 is 0 Å². The molecule has 0 amide bonds. The first-order valence-electron chi connectivity index (χ1n) is 7.05. The fourth-order valence-electron chi connectivity index (χ4n) is 2.56. The third-order valence-electron chi connectivity index (χ3n) is 4.01. The van der Waals surface area contributed by atoms with Gasteiger partial charge < -0.3 is 10.2 Å². The Hall–Kier alpha value is -0.800. The van der Waals surface area contributed by atoms with E-state index in [4.69, 9.17) is 11.6 Å². The van der Waals surface area contributed by atoms with E-state index in [1.54, 1.807) is 12.1 Å². The van der Waals surface area contributed by atoms with Crippen LogP contribution in [0, 0.1) is 11.7 Å². The number of rotatable bonds is 3. The van der Waals surface area contributed by atoms with Crippen molar-refractivity contribution >= 4 is 17.3 Å². The molecule has 0 saturated carbocycles. The molecule has 4 heteroatoms. The minimum absolute atomic E-state index is 0.186.